The van der Waals surface area contributed by atoms with E-state index in [1.165, 1.54) is 0 Å². The number of hydrogen-bond acceptors (Lipinski definition) is 3. The number of benzene rings is 1. The summed E-state index contributed by atoms with van der Waals surface area (Å²) in [5.74, 6) is 1.82. The second-order valence-corrected chi connectivity index (χ2v) is 9.44. The van der Waals surface area contributed by atoms with Crippen LogP contribution in [0, 0.1) is 23.7 Å². The summed E-state index contributed by atoms with van der Waals surface area (Å²) >= 11 is 0. The lowest BCUT2D eigenvalue weighted by molar-refractivity contribution is 0.0331. The van der Waals surface area contributed by atoms with Gasteiger partial charge in [0.25, 0.3) is 5.91 Å². The third-order valence-corrected chi connectivity index (χ3v) is 5.22. The Morgan fingerprint density at radius 3 is 1.63 bits per heavy atom. The first-order valence-corrected chi connectivity index (χ1v) is 10.4. The largest absolute Gasteiger partial charge is 0.399 e. The van der Waals surface area contributed by atoms with Gasteiger partial charge in [0.15, 0.2) is 0 Å². The molecule has 1 aromatic rings. The molecule has 1 amide bonds. The van der Waals surface area contributed by atoms with Crippen molar-refractivity contribution in [3.05, 3.63) is 23.8 Å². The molecule has 2 unspecified atom stereocenters. The highest BCUT2D eigenvalue weighted by atomic mass is 16.2. The summed E-state index contributed by atoms with van der Waals surface area (Å²) in [6, 6.07) is 5.59. The smallest absolute Gasteiger partial charge is 0.256 e. The van der Waals surface area contributed by atoms with E-state index in [-0.39, 0.29) is 18.0 Å². The minimum absolute atomic E-state index is 0.0335. The summed E-state index contributed by atoms with van der Waals surface area (Å²) in [6.07, 6.45) is 1.97. The number of anilines is 2. The first-order chi connectivity index (χ1) is 12.5. The third kappa shape index (κ3) is 6.44. The molecule has 4 N–H and O–H groups in total. The standard InChI is InChI=1S/C23H41N3O/c1-14(2)11-21(16(5)6)26(22(17(7)8)12-15(3)4)23(27)19-10-9-18(24)13-20(19)25/h9-10,13-17,21-22H,11-12,24-25H2,1-8H3. The van der Waals surface area contributed by atoms with Gasteiger partial charge in [0.05, 0.1) is 5.56 Å². The summed E-state index contributed by atoms with van der Waals surface area (Å²) in [7, 11) is 0. The Balaban J connectivity index is 3.47. The molecule has 27 heavy (non-hydrogen) atoms. The van der Waals surface area contributed by atoms with Gasteiger partial charge >= 0.3 is 0 Å². The molecular weight excluding hydrogens is 334 g/mol. The molecule has 0 saturated carbocycles. The topological polar surface area (TPSA) is 72.3 Å². The second kappa shape index (κ2) is 10.0. The maximum absolute atomic E-state index is 13.7. The quantitative estimate of drug-likeness (QED) is 0.565. The van der Waals surface area contributed by atoms with Crippen LogP contribution in [-0.2, 0) is 0 Å². The Morgan fingerprint density at radius 2 is 1.30 bits per heavy atom. The number of carbonyl (C=O) groups excluding carboxylic acids is 1. The summed E-state index contributed by atoms with van der Waals surface area (Å²) in [4.78, 5) is 15.9. The van der Waals surface area contributed by atoms with Crippen LogP contribution >= 0.6 is 0 Å². The molecular formula is C23H41N3O. The van der Waals surface area contributed by atoms with Crippen molar-refractivity contribution in [2.45, 2.75) is 80.3 Å². The highest BCUT2D eigenvalue weighted by Gasteiger charge is 2.35. The number of nitrogens with two attached hydrogens (primary N) is 2. The molecule has 4 nitrogen and oxygen atoms in total. The van der Waals surface area contributed by atoms with Crippen molar-refractivity contribution in [2.24, 2.45) is 23.7 Å². The average Bonchev–Trinajstić information content (AvgIpc) is 2.51. The zero-order chi connectivity index (χ0) is 20.9. The van der Waals surface area contributed by atoms with E-state index in [1.54, 1.807) is 18.2 Å². The maximum Gasteiger partial charge on any atom is 0.256 e. The Morgan fingerprint density at radius 1 is 0.852 bits per heavy atom. The Hall–Kier alpha value is -1.71. The van der Waals surface area contributed by atoms with Crippen LogP contribution in [0.4, 0.5) is 11.4 Å². The van der Waals surface area contributed by atoms with Gasteiger partial charge < -0.3 is 16.4 Å². The molecule has 1 aromatic carbocycles. The van der Waals surface area contributed by atoms with E-state index in [0.717, 1.165) is 12.8 Å². The van der Waals surface area contributed by atoms with Crippen molar-refractivity contribution < 1.29 is 4.79 Å². The van der Waals surface area contributed by atoms with Crippen LogP contribution < -0.4 is 11.5 Å². The number of nitrogens with zero attached hydrogens (tertiary/aromatic N) is 1. The SMILES string of the molecule is CC(C)CC(C(C)C)N(C(=O)c1ccc(N)cc1N)C(CC(C)C)C(C)C. The molecule has 154 valence electrons. The normalized spacial score (nSPS) is 14.2. The number of amides is 1. The summed E-state index contributed by atoms with van der Waals surface area (Å²) < 4.78 is 0. The molecule has 0 aliphatic heterocycles. The van der Waals surface area contributed by atoms with Crippen LogP contribution in [0.3, 0.4) is 0 Å². The molecule has 0 aliphatic rings. The molecule has 2 atom stereocenters. The molecule has 0 bridgehead atoms. The Kier molecular flexibility index (Phi) is 8.64. The fraction of sp³-hybridized carbons (Fsp3) is 0.696. The van der Waals surface area contributed by atoms with Crippen LogP contribution in [0.15, 0.2) is 18.2 Å². The predicted octanol–water partition coefficient (Wildman–Crippen LogP) is 5.43. The number of rotatable bonds is 9. The van der Waals surface area contributed by atoms with Gasteiger partial charge in [-0.15, -0.1) is 0 Å². The monoisotopic (exact) mass is 375 g/mol. The Bertz CT molecular complexity index is 586. The van der Waals surface area contributed by atoms with E-state index in [2.05, 4.69) is 60.3 Å². The maximum atomic E-state index is 13.7. The van der Waals surface area contributed by atoms with Gasteiger partial charge in [-0.05, 0) is 54.7 Å². The predicted molar refractivity (Wildman–Crippen MR) is 118 cm³/mol. The van der Waals surface area contributed by atoms with Crippen molar-refractivity contribution >= 4 is 17.3 Å². The van der Waals surface area contributed by atoms with Crippen molar-refractivity contribution in [1.82, 2.24) is 4.90 Å². The molecule has 0 heterocycles. The first-order valence-electron chi connectivity index (χ1n) is 10.4. The molecule has 1 rings (SSSR count). The average molecular weight is 376 g/mol. The molecule has 0 aliphatic carbocycles. The summed E-state index contributed by atoms with van der Waals surface area (Å²) in [5, 5.41) is 0. The third-order valence-electron chi connectivity index (χ3n) is 5.22. The van der Waals surface area contributed by atoms with E-state index in [0.29, 0.717) is 40.6 Å². The highest BCUT2D eigenvalue weighted by Crippen LogP contribution is 2.31. The fourth-order valence-electron chi connectivity index (χ4n) is 3.84. The molecule has 0 spiro atoms. The number of carbonyl (C=O) groups is 1. The van der Waals surface area contributed by atoms with Crippen LogP contribution in [0.25, 0.3) is 0 Å². The van der Waals surface area contributed by atoms with E-state index in [9.17, 15) is 4.79 Å². The van der Waals surface area contributed by atoms with E-state index in [1.807, 2.05) is 0 Å². The van der Waals surface area contributed by atoms with E-state index >= 15 is 0 Å². The van der Waals surface area contributed by atoms with Gasteiger partial charge in [0.1, 0.15) is 0 Å². The number of nitrogen functional groups attached to an aromatic ring is 2. The molecule has 0 fully saturated rings. The van der Waals surface area contributed by atoms with Crippen LogP contribution in [0.2, 0.25) is 0 Å². The number of hydrogen-bond donors (Lipinski definition) is 2. The molecule has 4 heteroatoms. The van der Waals surface area contributed by atoms with Gasteiger partial charge in [-0.1, -0.05) is 55.4 Å². The van der Waals surface area contributed by atoms with E-state index in [4.69, 9.17) is 11.5 Å². The lowest BCUT2D eigenvalue weighted by Crippen LogP contribution is -2.52. The summed E-state index contributed by atoms with van der Waals surface area (Å²) in [6.45, 7) is 17.8. The Labute approximate surface area is 166 Å². The van der Waals surface area contributed by atoms with Crippen molar-refractivity contribution in [3.63, 3.8) is 0 Å². The van der Waals surface area contributed by atoms with Gasteiger partial charge in [-0.25, -0.2) is 0 Å². The minimum atomic E-state index is 0.0335. The molecule has 0 aromatic heterocycles. The second-order valence-electron chi connectivity index (χ2n) is 9.44. The lowest BCUT2D eigenvalue weighted by atomic mass is 9.86. The minimum Gasteiger partial charge on any atom is -0.399 e. The van der Waals surface area contributed by atoms with Crippen LogP contribution in [0.5, 0.6) is 0 Å². The zero-order valence-corrected chi connectivity index (χ0v) is 18.6. The first kappa shape index (κ1) is 23.3. The van der Waals surface area contributed by atoms with E-state index < -0.39 is 0 Å². The van der Waals surface area contributed by atoms with Gasteiger partial charge in [-0.2, -0.15) is 0 Å². The highest BCUT2D eigenvalue weighted by molar-refractivity contribution is 6.00. The lowest BCUT2D eigenvalue weighted by Gasteiger charge is -2.44. The van der Waals surface area contributed by atoms with Crippen LogP contribution in [0.1, 0.15) is 78.6 Å². The van der Waals surface area contributed by atoms with Gasteiger partial charge in [-0.3, -0.25) is 4.79 Å². The molecule has 0 saturated heterocycles. The summed E-state index contributed by atoms with van der Waals surface area (Å²) in [5.41, 5.74) is 13.6. The van der Waals surface area contributed by atoms with Gasteiger partial charge in [0.2, 0.25) is 0 Å². The van der Waals surface area contributed by atoms with Crippen LogP contribution in [-0.4, -0.2) is 22.9 Å². The zero-order valence-electron chi connectivity index (χ0n) is 18.6. The fourth-order valence-corrected chi connectivity index (χ4v) is 3.84. The van der Waals surface area contributed by atoms with Crippen molar-refractivity contribution in [2.75, 3.05) is 11.5 Å². The van der Waals surface area contributed by atoms with Crippen molar-refractivity contribution in [1.29, 1.82) is 0 Å². The van der Waals surface area contributed by atoms with Gasteiger partial charge in [0, 0.05) is 23.5 Å². The molecule has 0 radical (unpaired) electrons. The van der Waals surface area contributed by atoms with Crippen molar-refractivity contribution in [3.8, 4) is 0 Å².